The highest BCUT2D eigenvalue weighted by molar-refractivity contribution is 5.85. The number of halogens is 5. The fraction of sp³-hybridized carbons (Fsp3) is 0.500. The van der Waals surface area contributed by atoms with Gasteiger partial charge in [-0.25, -0.2) is 0 Å². The second-order valence-electron chi connectivity index (χ2n) is 5.29. The van der Waals surface area contributed by atoms with E-state index in [0.717, 1.165) is 44.6 Å². The van der Waals surface area contributed by atoms with Crippen molar-refractivity contribution in [3.8, 4) is 5.75 Å². The van der Waals surface area contributed by atoms with Gasteiger partial charge in [0.25, 0.3) is 0 Å². The predicted octanol–water partition coefficient (Wildman–Crippen LogP) is 4.34. The van der Waals surface area contributed by atoms with Crippen molar-refractivity contribution < 1.29 is 17.9 Å². The van der Waals surface area contributed by atoms with Crippen LogP contribution in [0, 0.1) is 0 Å². The number of nitrogens with one attached hydrogen (secondary N) is 1. The molecule has 8 heteroatoms. The van der Waals surface area contributed by atoms with Crippen LogP contribution in [-0.4, -0.2) is 37.4 Å². The van der Waals surface area contributed by atoms with Crippen LogP contribution in [0.25, 0.3) is 0 Å². The van der Waals surface area contributed by atoms with E-state index in [1.807, 2.05) is 12.1 Å². The van der Waals surface area contributed by atoms with E-state index in [2.05, 4.69) is 21.5 Å². The Bertz CT molecular complexity index is 494. The van der Waals surface area contributed by atoms with E-state index in [9.17, 15) is 13.2 Å². The zero-order valence-corrected chi connectivity index (χ0v) is 14.9. The molecule has 138 valence electrons. The van der Waals surface area contributed by atoms with Gasteiger partial charge in [-0.1, -0.05) is 18.2 Å². The van der Waals surface area contributed by atoms with Crippen LogP contribution in [-0.2, 0) is 0 Å². The molecule has 24 heavy (non-hydrogen) atoms. The lowest BCUT2D eigenvalue weighted by Gasteiger charge is -2.35. The van der Waals surface area contributed by atoms with Crippen LogP contribution in [0.2, 0.25) is 0 Å². The van der Waals surface area contributed by atoms with Crippen molar-refractivity contribution in [1.82, 2.24) is 10.2 Å². The Hall–Kier alpha value is -0.950. The summed E-state index contributed by atoms with van der Waals surface area (Å²) >= 11 is 0. The number of nitrogens with zero attached hydrogens (tertiary/aromatic N) is 1. The highest BCUT2D eigenvalue weighted by Gasteiger charge is 2.31. The third-order valence-electron chi connectivity index (χ3n) is 3.71. The van der Waals surface area contributed by atoms with E-state index in [0.29, 0.717) is 0 Å². The van der Waals surface area contributed by atoms with Crippen LogP contribution >= 0.6 is 24.8 Å². The van der Waals surface area contributed by atoms with Crippen LogP contribution in [0.1, 0.15) is 24.4 Å². The molecule has 3 nitrogen and oxygen atoms in total. The molecule has 0 unspecified atom stereocenters. The Morgan fingerprint density at radius 3 is 2.50 bits per heavy atom. The van der Waals surface area contributed by atoms with Crippen LogP contribution in [0.15, 0.2) is 36.9 Å². The van der Waals surface area contributed by atoms with E-state index < -0.39 is 6.36 Å². The molecule has 1 aliphatic heterocycles. The molecule has 1 heterocycles. The Balaban J connectivity index is 0.00000264. The summed E-state index contributed by atoms with van der Waals surface area (Å²) in [5.41, 5.74) is 0.852. The van der Waals surface area contributed by atoms with Crippen molar-refractivity contribution in [1.29, 1.82) is 0 Å². The predicted molar refractivity (Wildman–Crippen MR) is 94.2 cm³/mol. The third kappa shape index (κ3) is 7.30. The standard InChI is InChI=1S/C16H21F3N2O.2ClH/c1-2-3-7-15(21-10-8-20-9-11-21)13-5-4-6-14(12-13)22-16(17,18)19;;/h2,4-6,12,15,20H,1,3,7-11H2;2*1H/t15-;;/m0../s1. The zero-order chi connectivity index (χ0) is 16.0. The van der Waals surface area contributed by atoms with E-state index in [4.69, 9.17) is 0 Å². The molecule has 1 atom stereocenters. The van der Waals surface area contributed by atoms with Crippen molar-refractivity contribution >= 4 is 24.8 Å². The normalized spacial score (nSPS) is 16.5. The maximum Gasteiger partial charge on any atom is 0.573 e. The first kappa shape index (κ1) is 23.1. The van der Waals surface area contributed by atoms with E-state index in [1.165, 1.54) is 12.1 Å². The zero-order valence-electron chi connectivity index (χ0n) is 13.2. The van der Waals surface area contributed by atoms with Gasteiger partial charge < -0.3 is 10.1 Å². The van der Waals surface area contributed by atoms with Gasteiger partial charge >= 0.3 is 6.36 Å². The van der Waals surface area contributed by atoms with Gasteiger partial charge in [0.1, 0.15) is 5.75 Å². The Morgan fingerprint density at radius 1 is 1.25 bits per heavy atom. The molecule has 0 saturated carbocycles. The van der Waals surface area contributed by atoms with E-state index >= 15 is 0 Å². The third-order valence-corrected chi connectivity index (χ3v) is 3.71. The second-order valence-corrected chi connectivity index (χ2v) is 5.29. The molecule has 0 bridgehead atoms. The van der Waals surface area contributed by atoms with Crippen LogP contribution < -0.4 is 10.1 Å². The fourth-order valence-electron chi connectivity index (χ4n) is 2.75. The number of piperazine rings is 1. The molecule has 0 amide bonds. The molecular weight excluding hydrogens is 364 g/mol. The smallest absolute Gasteiger partial charge is 0.406 e. The number of hydrogen-bond donors (Lipinski definition) is 1. The van der Waals surface area contributed by atoms with E-state index in [1.54, 1.807) is 6.07 Å². The number of allylic oxidation sites excluding steroid dienone is 1. The number of rotatable bonds is 6. The quantitative estimate of drug-likeness (QED) is 0.735. The average molecular weight is 387 g/mol. The summed E-state index contributed by atoms with van der Waals surface area (Å²) in [6, 6.07) is 6.37. The monoisotopic (exact) mass is 386 g/mol. The summed E-state index contributed by atoms with van der Waals surface area (Å²) in [6.07, 6.45) is -1.17. The molecular formula is C16H23Cl2F3N2O. The van der Waals surface area contributed by atoms with Crippen molar-refractivity contribution in [2.75, 3.05) is 26.2 Å². The molecule has 1 fully saturated rings. The number of benzene rings is 1. The van der Waals surface area contributed by atoms with Gasteiger partial charge in [0.05, 0.1) is 0 Å². The second kappa shape index (κ2) is 10.8. The van der Waals surface area contributed by atoms with E-state index in [-0.39, 0.29) is 36.6 Å². The van der Waals surface area contributed by atoms with Crippen LogP contribution in [0.4, 0.5) is 13.2 Å². The summed E-state index contributed by atoms with van der Waals surface area (Å²) in [6.45, 7) is 7.28. The lowest BCUT2D eigenvalue weighted by atomic mass is 9.99. The SMILES string of the molecule is C=CCC[C@@H](c1cccc(OC(F)(F)F)c1)N1CCNCC1.Cl.Cl. The number of alkyl halides is 3. The first-order chi connectivity index (χ1) is 10.5. The van der Waals surface area contributed by atoms with Gasteiger partial charge in [-0.3, -0.25) is 4.90 Å². The maximum absolute atomic E-state index is 12.4. The fourth-order valence-corrected chi connectivity index (χ4v) is 2.75. The molecule has 1 saturated heterocycles. The Kier molecular flexibility index (Phi) is 10.4. The molecule has 0 spiro atoms. The maximum atomic E-state index is 12.4. The largest absolute Gasteiger partial charge is 0.573 e. The molecule has 0 radical (unpaired) electrons. The van der Waals surface area contributed by atoms with Crippen molar-refractivity contribution in [2.24, 2.45) is 0 Å². The molecule has 0 aromatic heterocycles. The lowest BCUT2D eigenvalue weighted by Crippen LogP contribution is -2.45. The summed E-state index contributed by atoms with van der Waals surface area (Å²) in [5, 5.41) is 3.28. The number of hydrogen-bond acceptors (Lipinski definition) is 3. The minimum atomic E-state index is -4.66. The van der Waals surface area contributed by atoms with Gasteiger partial charge in [0.2, 0.25) is 0 Å². The molecule has 1 aliphatic rings. The van der Waals surface area contributed by atoms with Gasteiger partial charge in [-0.2, -0.15) is 0 Å². The molecule has 1 aromatic carbocycles. The Morgan fingerprint density at radius 2 is 1.92 bits per heavy atom. The molecule has 0 aliphatic carbocycles. The topological polar surface area (TPSA) is 24.5 Å². The van der Waals surface area contributed by atoms with Gasteiger partial charge in [-0.05, 0) is 30.5 Å². The van der Waals surface area contributed by atoms with Gasteiger partial charge in [0, 0.05) is 32.2 Å². The first-order valence-corrected chi connectivity index (χ1v) is 7.41. The summed E-state index contributed by atoms with van der Waals surface area (Å²) in [7, 11) is 0. The first-order valence-electron chi connectivity index (χ1n) is 7.41. The van der Waals surface area contributed by atoms with Gasteiger partial charge in [-0.15, -0.1) is 44.6 Å². The summed E-state index contributed by atoms with van der Waals surface area (Å²) < 4.78 is 41.2. The highest BCUT2D eigenvalue weighted by atomic mass is 35.5. The van der Waals surface area contributed by atoms with Crippen molar-refractivity contribution in [3.05, 3.63) is 42.5 Å². The average Bonchev–Trinajstić information content (AvgIpc) is 2.47. The molecule has 2 rings (SSSR count). The number of ether oxygens (including phenoxy) is 1. The van der Waals surface area contributed by atoms with Crippen molar-refractivity contribution in [2.45, 2.75) is 25.2 Å². The van der Waals surface area contributed by atoms with Gasteiger partial charge in [0.15, 0.2) is 0 Å². The van der Waals surface area contributed by atoms with Crippen molar-refractivity contribution in [3.63, 3.8) is 0 Å². The summed E-state index contributed by atoms with van der Waals surface area (Å²) in [5.74, 6) is -0.163. The lowest BCUT2D eigenvalue weighted by molar-refractivity contribution is -0.274. The highest BCUT2D eigenvalue weighted by Crippen LogP contribution is 2.30. The van der Waals surface area contributed by atoms with Crippen LogP contribution in [0.5, 0.6) is 5.75 Å². The minimum Gasteiger partial charge on any atom is -0.406 e. The molecule has 1 N–H and O–H groups in total. The molecule has 1 aromatic rings. The summed E-state index contributed by atoms with van der Waals surface area (Å²) in [4.78, 5) is 2.30. The Labute approximate surface area is 153 Å². The minimum absolute atomic E-state index is 0. The van der Waals surface area contributed by atoms with Crippen LogP contribution in [0.3, 0.4) is 0 Å².